The highest BCUT2D eigenvalue weighted by molar-refractivity contribution is 5.95. The smallest absolute Gasteiger partial charge is 0.159 e. The first-order valence-electron chi connectivity index (χ1n) is 7.88. The van der Waals surface area contributed by atoms with Gasteiger partial charge in [0.1, 0.15) is 0 Å². The number of benzene rings is 2. The molecule has 2 aromatic rings. The molecule has 24 heavy (non-hydrogen) atoms. The first-order chi connectivity index (χ1) is 11.4. The van der Waals surface area contributed by atoms with Crippen LogP contribution in [0, 0.1) is 0 Å². The molecule has 0 heterocycles. The fourth-order valence-electron chi connectivity index (χ4n) is 2.59. The van der Waals surface area contributed by atoms with Crippen molar-refractivity contribution in [1.29, 1.82) is 0 Å². The zero-order chi connectivity index (χ0) is 17.7. The molecule has 0 amide bonds. The summed E-state index contributed by atoms with van der Waals surface area (Å²) in [4.78, 5) is 11.6. The number of hydrogen-bond acceptors (Lipinski definition) is 2. The van der Waals surface area contributed by atoms with Crippen molar-refractivity contribution in [2.24, 2.45) is 0 Å². The molecule has 0 aliphatic carbocycles. The Kier molecular flexibility index (Phi) is 5.54. The second-order valence-electron chi connectivity index (χ2n) is 5.83. The maximum absolute atomic E-state index is 11.6. The largest absolute Gasteiger partial charge is 0.381 e. The third kappa shape index (κ3) is 3.90. The van der Waals surface area contributed by atoms with Gasteiger partial charge in [-0.05, 0) is 36.6 Å². The predicted molar refractivity (Wildman–Crippen MR) is 104 cm³/mol. The quantitative estimate of drug-likeness (QED) is 0.700. The summed E-state index contributed by atoms with van der Waals surface area (Å²) in [5, 5.41) is 3.37. The molecule has 0 bridgehead atoms. The van der Waals surface area contributed by atoms with E-state index in [4.69, 9.17) is 0 Å². The lowest BCUT2D eigenvalue weighted by atomic mass is 9.97. The normalized spacial score (nSPS) is 10.1. The summed E-state index contributed by atoms with van der Waals surface area (Å²) < 4.78 is 0. The third-order valence-corrected chi connectivity index (χ3v) is 3.97. The van der Waals surface area contributed by atoms with Crippen LogP contribution in [0.5, 0.6) is 0 Å². The number of carbonyl (C=O) groups is 1. The molecule has 2 aromatic carbocycles. The van der Waals surface area contributed by atoms with E-state index in [1.165, 1.54) is 0 Å². The minimum absolute atomic E-state index is 0.0568. The summed E-state index contributed by atoms with van der Waals surface area (Å²) in [6, 6.07) is 13.7. The molecule has 2 rings (SSSR count). The van der Waals surface area contributed by atoms with Crippen molar-refractivity contribution in [3.63, 3.8) is 0 Å². The number of hydrogen-bond donors (Lipinski definition) is 1. The number of ketones is 1. The minimum atomic E-state index is 0.0568. The number of allylic oxidation sites excluding steroid dienone is 1. The number of rotatable bonds is 7. The highest BCUT2D eigenvalue weighted by Gasteiger charge is 2.09. The van der Waals surface area contributed by atoms with Gasteiger partial charge in [-0.1, -0.05) is 67.8 Å². The monoisotopic (exact) mass is 317 g/mol. The molecule has 0 saturated carbocycles. The van der Waals surface area contributed by atoms with Crippen LogP contribution in [0.3, 0.4) is 0 Å². The molecule has 122 valence electrons. The minimum Gasteiger partial charge on any atom is -0.381 e. The molecule has 0 saturated heterocycles. The fourth-order valence-corrected chi connectivity index (χ4v) is 2.59. The van der Waals surface area contributed by atoms with Gasteiger partial charge in [0, 0.05) is 23.4 Å². The third-order valence-electron chi connectivity index (χ3n) is 3.97. The van der Waals surface area contributed by atoms with E-state index in [1.807, 2.05) is 55.5 Å². The molecule has 0 spiro atoms. The second-order valence-corrected chi connectivity index (χ2v) is 5.83. The van der Waals surface area contributed by atoms with E-state index >= 15 is 0 Å². The Bertz CT molecular complexity index is 814. The molecule has 2 heteroatoms. The summed E-state index contributed by atoms with van der Waals surface area (Å²) in [6.07, 6.45) is 1.82. The van der Waals surface area contributed by atoms with E-state index in [1.54, 1.807) is 6.92 Å². The number of carbonyl (C=O) groups excluding carboxylic acids is 1. The van der Waals surface area contributed by atoms with Crippen LogP contribution in [0.15, 0.2) is 62.2 Å². The van der Waals surface area contributed by atoms with Crippen LogP contribution >= 0.6 is 0 Å². The average Bonchev–Trinajstić information content (AvgIpc) is 2.59. The van der Waals surface area contributed by atoms with Crippen LogP contribution in [0.1, 0.15) is 46.5 Å². The Morgan fingerprint density at radius 2 is 1.79 bits per heavy atom. The van der Waals surface area contributed by atoms with Gasteiger partial charge >= 0.3 is 0 Å². The molecule has 0 atom stereocenters. The molecule has 2 nitrogen and oxygen atoms in total. The molecular formula is C22H23NO. The Morgan fingerprint density at radius 3 is 2.42 bits per heavy atom. The van der Waals surface area contributed by atoms with Crippen LogP contribution in [0.2, 0.25) is 0 Å². The Morgan fingerprint density at radius 1 is 1.08 bits per heavy atom. The van der Waals surface area contributed by atoms with Gasteiger partial charge in [0.2, 0.25) is 0 Å². The van der Waals surface area contributed by atoms with Gasteiger partial charge in [0.05, 0.1) is 0 Å². The zero-order valence-corrected chi connectivity index (χ0v) is 14.4. The summed E-state index contributed by atoms with van der Waals surface area (Å²) in [5.41, 5.74) is 6.64. The Balaban J connectivity index is 2.22. The maximum Gasteiger partial charge on any atom is 0.159 e. The average molecular weight is 317 g/mol. The molecule has 0 unspecified atom stereocenters. The molecule has 0 aliphatic rings. The first-order valence-corrected chi connectivity index (χ1v) is 7.88. The predicted octanol–water partition coefficient (Wildman–Crippen LogP) is 5.33. The van der Waals surface area contributed by atoms with Crippen LogP contribution in [-0.2, 0) is 6.54 Å². The molecule has 1 N–H and O–H groups in total. The van der Waals surface area contributed by atoms with E-state index in [9.17, 15) is 4.79 Å². The molecule has 0 radical (unpaired) electrons. The topological polar surface area (TPSA) is 29.1 Å². The SMILES string of the molecule is C=Cc1ccccc1C(=C)NCc1ccc(C(C)=O)cc1C(=C)C. The van der Waals surface area contributed by atoms with Crippen molar-refractivity contribution < 1.29 is 4.79 Å². The summed E-state index contributed by atoms with van der Waals surface area (Å²) in [5.74, 6) is 0.0568. The van der Waals surface area contributed by atoms with Gasteiger partial charge in [0.25, 0.3) is 0 Å². The standard InChI is InChI=1S/C22H23NO/c1-6-18-9-7-8-10-21(18)16(4)23-14-20-12-11-19(17(5)24)13-22(20)15(2)3/h6-13,23H,1-2,4,14H2,3,5H3. The lowest BCUT2D eigenvalue weighted by Gasteiger charge is -2.15. The van der Waals surface area contributed by atoms with Crippen molar-refractivity contribution in [2.45, 2.75) is 20.4 Å². The summed E-state index contributed by atoms with van der Waals surface area (Å²) in [6.45, 7) is 16.1. The molecule has 0 aromatic heterocycles. The lowest BCUT2D eigenvalue weighted by molar-refractivity contribution is 0.101. The van der Waals surface area contributed by atoms with Crippen LogP contribution in [0.4, 0.5) is 0 Å². The zero-order valence-electron chi connectivity index (χ0n) is 14.4. The van der Waals surface area contributed by atoms with Gasteiger partial charge in [-0.15, -0.1) is 0 Å². The van der Waals surface area contributed by atoms with Gasteiger partial charge in [0.15, 0.2) is 5.78 Å². The summed E-state index contributed by atoms with van der Waals surface area (Å²) in [7, 11) is 0. The van der Waals surface area contributed by atoms with Crippen molar-refractivity contribution in [3.8, 4) is 0 Å². The second kappa shape index (κ2) is 7.60. The molecule has 0 aliphatic heterocycles. The number of nitrogens with one attached hydrogen (secondary N) is 1. The van der Waals surface area contributed by atoms with Gasteiger partial charge in [-0.3, -0.25) is 4.79 Å². The lowest BCUT2D eigenvalue weighted by Crippen LogP contribution is -2.13. The van der Waals surface area contributed by atoms with E-state index < -0.39 is 0 Å². The highest BCUT2D eigenvalue weighted by Crippen LogP contribution is 2.22. The van der Waals surface area contributed by atoms with Crippen LogP contribution < -0.4 is 5.32 Å². The number of Topliss-reactive ketones (excluding diaryl/α,β-unsaturated/α-hetero) is 1. The summed E-state index contributed by atoms with van der Waals surface area (Å²) >= 11 is 0. The fraction of sp³-hybridized carbons (Fsp3) is 0.136. The van der Waals surface area contributed by atoms with E-state index in [-0.39, 0.29) is 5.78 Å². The van der Waals surface area contributed by atoms with Crippen molar-refractivity contribution in [1.82, 2.24) is 5.32 Å². The van der Waals surface area contributed by atoms with Crippen molar-refractivity contribution in [3.05, 3.63) is 90.0 Å². The highest BCUT2D eigenvalue weighted by atomic mass is 16.1. The van der Waals surface area contributed by atoms with Gasteiger partial charge in [-0.2, -0.15) is 0 Å². The Hall–Kier alpha value is -2.87. The first kappa shape index (κ1) is 17.5. The molecular weight excluding hydrogens is 294 g/mol. The maximum atomic E-state index is 11.6. The van der Waals surface area contributed by atoms with Gasteiger partial charge in [-0.25, -0.2) is 0 Å². The Labute approximate surface area is 144 Å². The van der Waals surface area contributed by atoms with Crippen LogP contribution in [0.25, 0.3) is 17.3 Å². The van der Waals surface area contributed by atoms with Crippen molar-refractivity contribution in [2.75, 3.05) is 0 Å². The van der Waals surface area contributed by atoms with Gasteiger partial charge < -0.3 is 5.32 Å². The van der Waals surface area contributed by atoms with Crippen molar-refractivity contribution >= 4 is 23.1 Å². The van der Waals surface area contributed by atoms with E-state index in [0.717, 1.165) is 33.5 Å². The van der Waals surface area contributed by atoms with E-state index in [2.05, 4.69) is 25.1 Å². The van der Waals surface area contributed by atoms with Crippen LogP contribution in [-0.4, -0.2) is 5.78 Å². The van der Waals surface area contributed by atoms with E-state index in [0.29, 0.717) is 12.1 Å². The molecule has 0 fully saturated rings.